The average molecular weight is 319 g/mol. The van der Waals surface area contributed by atoms with Crippen molar-refractivity contribution in [3.63, 3.8) is 0 Å². The summed E-state index contributed by atoms with van der Waals surface area (Å²) in [5.74, 6) is -1.17. The van der Waals surface area contributed by atoms with E-state index in [1.54, 1.807) is 23.8 Å². The molecule has 0 unspecified atom stereocenters. The first-order chi connectivity index (χ1) is 10.9. The average Bonchev–Trinajstić information content (AvgIpc) is 2.84. The van der Waals surface area contributed by atoms with Gasteiger partial charge in [-0.3, -0.25) is 19.3 Å². The number of Topliss-reactive ketones (excluding diaryl/α,β-unsaturated/α-hetero) is 1. The zero-order valence-electron chi connectivity index (χ0n) is 13.4. The number of ketones is 1. The molecule has 1 aromatic rings. The molecule has 0 radical (unpaired) electrons. The van der Waals surface area contributed by atoms with Crippen molar-refractivity contribution in [1.82, 2.24) is 14.8 Å². The number of carboxylic acids is 1. The maximum Gasteiger partial charge on any atom is 0.322 e. The quantitative estimate of drug-likeness (QED) is 0.836. The van der Waals surface area contributed by atoms with Gasteiger partial charge in [0.1, 0.15) is 6.04 Å². The maximum atomic E-state index is 12.9. The Kier molecular flexibility index (Phi) is 3.97. The number of hydrogen-bond acceptors (Lipinski definition) is 4. The Hall–Kier alpha value is -2.15. The largest absolute Gasteiger partial charge is 0.480 e. The number of aromatic nitrogens is 1. The maximum absolute atomic E-state index is 12.9. The predicted octanol–water partition coefficient (Wildman–Crippen LogP) is 0.683. The molecule has 0 bridgehead atoms. The van der Waals surface area contributed by atoms with Gasteiger partial charge in [-0.05, 0) is 26.8 Å². The molecule has 0 saturated carbocycles. The molecule has 1 aliphatic heterocycles. The molecule has 7 heteroatoms. The lowest BCUT2D eigenvalue weighted by Crippen LogP contribution is -2.56. The second-order valence-electron chi connectivity index (χ2n) is 6.34. The molecule has 124 valence electrons. The van der Waals surface area contributed by atoms with E-state index in [1.807, 2.05) is 0 Å². The van der Waals surface area contributed by atoms with Gasteiger partial charge in [0.2, 0.25) is 0 Å². The summed E-state index contributed by atoms with van der Waals surface area (Å²) in [5, 5.41) is 9.29. The van der Waals surface area contributed by atoms with Crippen LogP contribution >= 0.6 is 0 Å². The van der Waals surface area contributed by atoms with Crippen LogP contribution in [-0.2, 0) is 11.2 Å². The number of amides is 1. The third-order valence-electron chi connectivity index (χ3n) is 4.81. The highest BCUT2D eigenvalue weighted by Crippen LogP contribution is 2.28. The first-order valence-corrected chi connectivity index (χ1v) is 7.87. The number of aromatic amines is 1. The van der Waals surface area contributed by atoms with Crippen LogP contribution in [0, 0.1) is 6.92 Å². The van der Waals surface area contributed by atoms with E-state index < -0.39 is 12.0 Å². The Labute approximate surface area is 134 Å². The summed E-state index contributed by atoms with van der Waals surface area (Å²) in [6.07, 6.45) is 2.04. The highest BCUT2D eigenvalue weighted by molar-refractivity contribution is 6.10. The summed E-state index contributed by atoms with van der Waals surface area (Å²) >= 11 is 0. The van der Waals surface area contributed by atoms with E-state index in [4.69, 9.17) is 0 Å². The fourth-order valence-electron chi connectivity index (χ4n) is 3.49. The number of nitrogens with one attached hydrogen (secondary N) is 1. The molecule has 23 heavy (non-hydrogen) atoms. The normalized spacial score (nSPS) is 22.1. The number of hydrogen-bond donors (Lipinski definition) is 2. The van der Waals surface area contributed by atoms with Crippen molar-refractivity contribution in [3.05, 3.63) is 22.5 Å². The van der Waals surface area contributed by atoms with E-state index >= 15 is 0 Å². The van der Waals surface area contributed by atoms with Crippen molar-refractivity contribution >= 4 is 17.7 Å². The summed E-state index contributed by atoms with van der Waals surface area (Å²) in [7, 11) is 1.74. The van der Waals surface area contributed by atoms with Gasteiger partial charge < -0.3 is 15.0 Å². The van der Waals surface area contributed by atoms with Crippen molar-refractivity contribution in [2.24, 2.45) is 0 Å². The third kappa shape index (κ3) is 2.65. The molecular weight excluding hydrogens is 298 g/mol. The second kappa shape index (κ2) is 5.81. The number of H-pyrrole nitrogens is 1. The van der Waals surface area contributed by atoms with E-state index in [-0.39, 0.29) is 18.2 Å². The summed E-state index contributed by atoms with van der Waals surface area (Å²) in [6, 6.07) is -0.710. The zero-order valence-corrected chi connectivity index (χ0v) is 13.4. The summed E-state index contributed by atoms with van der Waals surface area (Å²) < 4.78 is 0. The van der Waals surface area contributed by atoms with Crippen molar-refractivity contribution in [1.29, 1.82) is 0 Å². The van der Waals surface area contributed by atoms with Crippen LogP contribution in [0.4, 0.5) is 0 Å². The molecular formula is C16H21N3O4. The number of carbonyl (C=O) groups is 3. The number of rotatable bonds is 2. The van der Waals surface area contributed by atoms with Gasteiger partial charge in [0.15, 0.2) is 5.78 Å². The molecule has 0 spiro atoms. The molecule has 3 rings (SSSR count). The van der Waals surface area contributed by atoms with Crippen molar-refractivity contribution in [2.45, 2.75) is 32.2 Å². The number of aliphatic carboxylic acids is 1. The summed E-state index contributed by atoms with van der Waals surface area (Å²) in [5.41, 5.74) is 2.48. The molecule has 2 aliphatic rings. The number of nitrogens with zero attached hydrogens (tertiary/aromatic N) is 2. The van der Waals surface area contributed by atoms with Gasteiger partial charge in [0, 0.05) is 37.4 Å². The molecule has 1 aromatic heterocycles. The number of fused-ring (bicyclic) bond motifs is 1. The Morgan fingerprint density at radius 1 is 1.26 bits per heavy atom. The minimum atomic E-state index is -0.936. The molecule has 2 heterocycles. The standard InChI is InChI=1S/C16H21N3O4/c1-9-13(14-10(17-9)4-3-5-12(14)20)15(21)19-7-6-18(2)11(8-19)16(22)23/h11,17H,3-8H2,1-2H3,(H,22,23)/t11-/m0/s1. The Morgan fingerprint density at radius 3 is 2.70 bits per heavy atom. The second-order valence-corrected chi connectivity index (χ2v) is 6.34. The molecule has 0 aromatic carbocycles. The van der Waals surface area contributed by atoms with Gasteiger partial charge in [-0.2, -0.15) is 0 Å². The zero-order chi connectivity index (χ0) is 16.7. The van der Waals surface area contributed by atoms with E-state index in [1.165, 1.54) is 0 Å². The van der Waals surface area contributed by atoms with Gasteiger partial charge in [0.25, 0.3) is 5.91 Å². The van der Waals surface area contributed by atoms with Crippen LogP contribution in [0.2, 0.25) is 0 Å². The van der Waals surface area contributed by atoms with Crippen molar-refractivity contribution in [3.8, 4) is 0 Å². The molecule has 1 fully saturated rings. The van der Waals surface area contributed by atoms with Crippen LogP contribution in [0.1, 0.15) is 44.9 Å². The van der Waals surface area contributed by atoms with E-state index in [2.05, 4.69) is 4.98 Å². The highest BCUT2D eigenvalue weighted by atomic mass is 16.4. The molecule has 7 nitrogen and oxygen atoms in total. The molecule has 1 aliphatic carbocycles. The number of carboxylic acid groups (broad SMARTS) is 1. The summed E-state index contributed by atoms with van der Waals surface area (Å²) in [4.78, 5) is 42.9. The first-order valence-electron chi connectivity index (χ1n) is 7.87. The van der Waals surface area contributed by atoms with Gasteiger partial charge in [-0.1, -0.05) is 0 Å². The molecule has 1 saturated heterocycles. The predicted molar refractivity (Wildman–Crippen MR) is 82.8 cm³/mol. The Morgan fingerprint density at radius 2 is 2.00 bits per heavy atom. The summed E-state index contributed by atoms with van der Waals surface area (Å²) in [6.45, 7) is 2.90. The van der Waals surface area contributed by atoms with Crippen LogP contribution in [0.5, 0.6) is 0 Å². The fourth-order valence-corrected chi connectivity index (χ4v) is 3.49. The van der Waals surface area contributed by atoms with Crippen LogP contribution in [0.3, 0.4) is 0 Å². The number of likely N-dealkylation sites (N-methyl/N-ethyl adjacent to an activating group) is 1. The van der Waals surface area contributed by atoms with Gasteiger partial charge in [0.05, 0.1) is 11.1 Å². The van der Waals surface area contributed by atoms with E-state index in [0.717, 1.165) is 18.5 Å². The van der Waals surface area contributed by atoms with Gasteiger partial charge >= 0.3 is 5.97 Å². The number of carbonyl (C=O) groups excluding carboxylic acids is 2. The fraction of sp³-hybridized carbons (Fsp3) is 0.562. The Bertz CT molecular complexity index is 679. The van der Waals surface area contributed by atoms with E-state index in [0.29, 0.717) is 36.3 Å². The van der Waals surface area contributed by atoms with Gasteiger partial charge in [-0.25, -0.2) is 0 Å². The SMILES string of the molecule is Cc1[nH]c2c(c1C(=O)N1CCN(C)[C@H](C(=O)O)C1)C(=O)CCC2. The lowest BCUT2D eigenvalue weighted by Gasteiger charge is -2.37. The molecule has 2 N–H and O–H groups in total. The third-order valence-corrected chi connectivity index (χ3v) is 4.81. The van der Waals surface area contributed by atoms with Crippen LogP contribution in [0.25, 0.3) is 0 Å². The van der Waals surface area contributed by atoms with Crippen molar-refractivity contribution < 1.29 is 19.5 Å². The Balaban J connectivity index is 1.91. The van der Waals surface area contributed by atoms with Crippen LogP contribution in [0.15, 0.2) is 0 Å². The first kappa shape index (κ1) is 15.7. The number of aryl methyl sites for hydroxylation is 2. The van der Waals surface area contributed by atoms with Gasteiger partial charge in [-0.15, -0.1) is 0 Å². The minimum Gasteiger partial charge on any atom is -0.480 e. The lowest BCUT2D eigenvalue weighted by atomic mass is 9.92. The molecule has 1 amide bonds. The van der Waals surface area contributed by atoms with Crippen LogP contribution < -0.4 is 0 Å². The topological polar surface area (TPSA) is 93.7 Å². The highest BCUT2D eigenvalue weighted by Gasteiger charge is 2.36. The minimum absolute atomic E-state index is 0.00265. The van der Waals surface area contributed by atoms with E-state index in [9.17, 15) is 19.5 Å². The van der Waals surface area contributed by atoms with Crippen LogP contribution in [-0.4, -0.2) is 70.3 Å². The lowest BCUT2D eigenvalue weighted by molar-refractivity contribution is -0.144. The smallest absolute Gasteiger partial charge is 0.322 e. The monoisotopic (exact) mass is 319 g/mol. The molecule has 1 atom stereocenters. The van der Waals surface area contributed by atoms with Crippen molar-refractivity contribution in [2.75, 3.05) is 26.7 Å². The number of piperazine rings is 1.